The molecule has 0 saturated carbocycles. The Kier molecular flexibility index (Phi) is 3.96. The SMILES string of the molecule is Cc1cc(C(F)(F)F)n2nc(C(=O)NC(C)C)c(Br)c2n1. The molecular formula is C12H12BrF3N4O. The minimum Gasteiger partial charge on any atom is -0.348 e. The average Bonchev–Trinajstić information content (AvgIpc) is 2.64. The highest BCUT2D eigenvalue weighted by molar-refractivity contribution is 9.10. The molecule has 114 valence electrons. The molecule has 1 amide bonds. The molecule has 0 atom stereocenters. The van der Waals surface area contributed by atoms with Crippen LogP contribution in [-0.2, 0) is 6.18 Å². The fourth-order valence-electron chi connectivity index (χ4n) is 1.79. The number of fused-ring (bicyclic) bond motifs is 1. The van der Waals surface area contributed by atoms with Gasteiger partial charge in [0.15, 0.2) is 11.3 Å². The maximum absolute atomic E-state index is 13.0. The molecule has 0 aliphatic rings. The Hall–Kier alpha value is -1.64. The average molecular weight is 365 g/mol. The molecule has 2 heterocycles. The van der Waals surface area contributed by atoms with Gasteiger partial charge in [0.25, 0.3) is 5.91 Å². The topological polar surface area (TPSA) is 59.3 Å². The molecule has 2 aromatic heterocycles. The highest BCUT2D eigenvalue weighted by Gasteiger charge is 2.36. The van der Waals surface area contributed by atoms with Crippen LogP contribution in [0.1, 0.15) is 35.7 Å². The molecule has 0 aliphatic heterocycles. The van der Waals surface area contributed by atoms with Crippen molar-refractivity contribution in [2.45, 2.75) is 33.0 Å². The number of alkyl halides is 3. The van der Waals surface area contributed by atoms with E-state index in [9.17, 15) is 18.0 Å². The fourth-order valence-corrected chi connectivity index (χ4v) is 2.31. The number of aryl methyl sites for hydroxylation is 1. The predicted molar refractivity (Wildman–Crippen MR) is 73.0 cm³/mol. The number of halogens is 4. The Morgan fingerprint density at radius 2 is 2.05 bits per heavy atom. The van der Waals surface area contributed by atoms with Gasteiger partial charge in [-0.3, -0.25) is 4.79 Å². The van der Waals surface area contributed by atoms with Crippen LogP contribution in [0.3, 0.4) is 0 Å². The van der Waals surface area contributed by atoms with Crippen molar-refractivity contribution in [1.29, 1.82) is 0 Å². The first-order valence-electron chi connectivity index (χ1n) is 6.05. The Balaban J connectivity index is 2.68. The standard InChI is InChI=1S/C12H12BrF3N4O/c1-5(2)17-11(21)9-8(13)10-18-6(3)4-7(12(14,15)16)20(10)19-9/h4-5H,1-3H3,(H,17,21). The minimum atomic E-state index is -4.59. The van der Waals surface area contributed by atoms with Crippen LogP contribution in [0.15, 0.2) is 10.5 Å². The Morgan fingerprint density at radius 1 is 1.43 bits per heavy atom. The third kappa shape index (κ3) is 3.02. The highest BCUT2D eigenvalue weighted by atomic mass is 79.9. The third-order valence-electron chi connectivity index (χ3n) is 2.59. The van der Waals surface area contributed by atoms with Gasteiger partial charge in [-0.1, -0.05) is 0 Å². The Morgan fingerprint density at radius 3 is 2.57 bits per heavy atom. The summed E-state index contributed by atoms with van der Waals surface area (Å²) in [6.07, 6.45) is -4.59. The van der Waals surface area contributed by atoms with E-state index in [1.165, 1.54) is 6.92 Å². The summed E-state index contributed by atoms with van der Waals surface area (Å²) in [5.41, 5.74) is -0.968. The molecule has 1 N–H and O–H groups in total. The normalized spacial score (nSPS) is 12.2. The number of rotatable bonds is 2. The van der Waals surface area contributed by atoms with Crippen molar-refractivity contribution in [2.24, 2.45) is 0 Å². The third-order valence-corrected chi connectivity index (χ3v) is 3.32. The molecule has 0 unspecified atom stereocenters. The second-order valence-corrected chi connectivity index (χ2v) is 5.60. The molecule has 0 aromatic carbocycles. The lowest BCUT2D eigenvalue weighted by Gasteiger charge is -2.09. The maximum atomic E-state index is 13.0. The van der Waals surface area contributed by atoms with Crippen molar-refractivity contribution in [3.8, 4) is 0 Å². The fraction of sp³-hybridized carbons (Fsp3) is 0.417. The van der Waals surface area contributed by atoms with Crippen molar-refractivity contribution in [1.82, 2.24) is 19.9 Å². The largest absolute Gasteiger partial charge is 0.433 e. The predicted octanol–water partition coefficient (Wildman–Crippen LogP) is 2.96. The summed E-state index contributed by atoms with van der Waals surface area (Å²) in [5, 5.41) is 6.33. The van der Waals surface area contributed by atoms with Gasteiger partial charge in [-0.25, -0.2) is 9.50 Å². The molecule has 0 spiro atoms. The van der Waals surface area contributed by atoms with Gasteiger partial charge >= 0.3 is 6.18 Å². The second kappa shape index (κ2) is 5.28. The first kappa shape index (κ1) is 15.7. The van der Waals surface area contributed by atoms with Crippen LogP contribution in [0, 0.1) is 6.92 Å². The van der Waals surface area contributed by atoms with Gasteiger partial charge in [0.05, 0.1) is 4.47 Å². The van der Waals surface area contributed by atoms with E-state index in [-0.39, 0.29) is 27.5 Å². The van der Waals surface area contributed by atoms with Crippen molar-refractivity contribution in [2.75, 3.05) is 0 Å². The summed E-state index contributed by atoms with van der Waals surface area (Å²) in [4.78, 5) is 16.0. The van der Waals surface area contributed by atoms with Gasteiger partial charge in [0.2, 0.25) is 0 Å². The van der Waals surface area contributed by atoms with Gasteiger partial charge in [-0.05, 0) is 42.8 Å². The molecular weight excluding hydrogens is 353 g/mol. The number of nitrogens with one attached hydrogen (secondary N) is 1. The molecule has 0 fully saturated rings. The van der Waals surface area contributed by atoms with Gasteiger partial charge in [0, 0.05) is 11.7 Å². The molecule has 9 heteroatoms. The van der Waals surface area contributed by atoms with Gasteiger partial charge < -0.3 is 5.32 Å². The molecule has 0 saturated heterocycles. The number of hydrogen-bond donors (Lipinski definition) is 1. The number of amides is 1. The summed E-state index contributed by atoms with van der Waals surface area (Å²) >= 11 is 3.10. The van der Waals surface area contributed by atoms with Crippen molar-refractivity contribution in [3.63, 3.8) is 0 Å². The summed E-state index contributed by atoms with van der Waals surface area (Å²) in [6, 6.07) is 0.724. The summed E-state index contributed by atoms with van der Waals surface area (Å²) < 4.78 is 39.9. The molecule has 5 nitrogen and oxygen atoms in total. The Labute approximate surface area is 126 Å². The molecule has 2 aromatic rings. The van der Waals surface area contributed by atoms with E-state index < -0.39 is 17.8 Å². The smallest absolute Gasteiger partial charge is 0.348 e. The summed E-state index contributed by atoms with van der Waals surface area (Å²) in [7, 11) is 0. The van der Waals surface area contributed by atoms with E-state index in [0.717, 1.165) is 6.07 Å². The van der Waals surface area contributed by atoms with E-state index in [2.05, 4.69) is 31.3 Å². The second-order valence-electron chi connectivity index (χ2n) is 4.81. The number of carbonyl (C=O) groups excluding carboxylic acids is 1. The van der Waals surface area contributed by atoms with Crippen molar-refractivity contribution in [3.05, 3.63) is 27.6 Å². The zero-order chi connectivity index (χ0) is 15.9. The lowest BCUT2D eigenvalue weighted by atomic mass is 10.3. The van der Waals surface area contributed by atoms with Crippen LogP contribution < -0.4 is 5.32 Å². The van der Waals surface area contributed by atoms with Crippen LogP contribution in [-0.4, -0.2) is 26.5 Å². The molecule has 0 bridgehead atoms. The zero-order valence-electron chi connectivity index (χ0n) is 11.4. The number of aromatic nitrogens is 3. The van der Waals surface area contributed by atoms with E-state index in [1.807, 2.05) is 0 Å². The summed E-state index contributed by atoms with van der Waals surface area (Å²) in [5.74, 6) is -0.562. The number of carbonyl (C=O) groups is 1. The minimum absolute atomic E-state index is 0.0452. The van der Waals surface area contributed by atoms with E-state index in [1.54, 1.807) is 13.8 Å². The maximum Gasteiger partial charge on any atom is 0.433 e. The van der Waals surface area contributed by atoms with E-state index in [0.29, 0.717) is 4.52 Å². The molecule has 2 rings (SSSR count). The van der Waals surface area contributed by atoms with Gasteiger partial charge in [-0.2, -0.15) is 18.3 Å². The zero-order valence-corrected chi connectivity index (χ0v) is 13.0. The van der Waals surface area contributed by atoms with E-state index in [4.69, 9.17) is 0 Å². The van der Waals surface area contributed by atoms with Crippen molar-refractivity contribution >= 4 is 27.5 Å². The van der Waals surface area contributed by atoms with Crippen LogP contribution >= 0.6 is 15.9 Å². The van der Waals surface area contributed by atoms with Gasteiger partial charge in [0.1, 0.15) is 5.69 Å². The van der Waals surface area contributed by atoms with E-state index >= 15 is 0 Å². The summed E-state index contributed by atoms with van der Waals surface area (Å²) in [6.45, 7) is 4.93. The molecule has 21 heavy (non-hydrogen) atoms. The monoisotopic (exact) mass is 364 g/mol. The quantitative estimate of drug-likeness (QED) is 0.890. The lowest BCUT2D eigenvalue weighted by molar-refractivity contribution is -0.142. The highest BCUT2D eigenvalue weighted by Crippen LogP contribution is 2.32. The van der Waals surface area contributed by atoms with Crippen LogP contribution in [0.4, 0.5) is 13.2 Å². The van der Waals surface area contributed by atoms with Crippen LogP contribution in [0.5, 0.6) is 0 Å². The Bertz CT molecular complexity index is 709. The number of hydrogen-bond acceptors (Lipinski definition) is 3. The van der Waals surface area contributed by atoms with Crippen LogP contribution in [0.25, 0.3) is 5.65 Å². The number of nitrogens with zero attached hydrogens (tertiary/aromatic N) is 3. The molecule has 0 radical (unpaired) electrons. The first-order chi connectivity index (χ1) is 9.61. The van der Waals surface area contributed by atoms with Crippen LogP contribution in [0.2, 0.25) is 0 Å². The molecule has 0 aliphatic carbocycles. The first-order valence-corrected chi connectivity index (χ1v) is 6.84. The van der Waals surface area contributed by atoms with Gasteiger partial charge in [-0.15, -0.1) is 0 Å². The lowest BCUT2D eigenvalue weighted by Crippen LogP contribution is -2.30. The van der Waals surface area contributed by atoms with Crippen molar-refractivity contribution < 1.29 is 18.0 Å².